The zero-order valence-corrected chi connectivity index (χ0v) is 18.4. The Bertz CT molecular complexity index is 1030. The molecule has 3 rings (SSSR count). The van der Waals surface area contributed by atoms with Gasteiger partial charge >= 0.3 is 12.1 Å². The zero-order chi connectivity index (χ0) is 22.2. The summed E-state index contributed by atoms with van der Waals surface area (Å²) in [5.74, 6) is 1.02. The number of carbonyl (C=O) groups is 2. The van der Waals surface area contributed by atoms with E-state index in [2.05, 4.69) is 5.32 Å². The first-order valence-electron chi connectivity index (χ1n) is 9.62. The molecule has 8 heteroatoms. The third kappa shape index (κ3) is 6.54. The molecule has 1 unspecified atom stereocenters. The molecule has 0 spiro atoms. The number of hydrogen-bond donors (Lipinski definition) is 2. The van der Waals surface area contributed by atoms with Gasteiger partial charge in [0.2, 0.25) is 0 Å². The summed E-state index contributed by atoms with van der Waals surface area (Å²) >= 11 is 7.73. The Morgan fingerprint density at radius 1 is 1.16 bits per heavy atom. The molecule has 1 heterocycles. The summed E-state index contributed by atoms with van der Waals surface area (Å²) < 4.78 is 11.0. The minimum absolute atomic E-state index is 0.148. The van der Waals surface area contributed by atoms with Crippen molar-refractivity contribution in [2.24, 2.45) is 0 Å². The maximum absolute atomic E-state index is 12.4. The predicted molar refractivity (Wildman–Crippen MR) is 123 cm³/mol. The molecule has 0 aliphatic rings. The first kappa shape index (κ1) is 22.8. The molecule has 0 saturated carbocycles. The Balaban J connectivity index is 1.59. The van der Waals surface area contributed by atoms with Crippen molar-refractivity contribution in [2.45, 2.75) is 25.2 Å². The number of carboxylic acid groups (broad SMARTS) is 1. The fraction of sp³-hybridized carbons (Fsp3) is 0.217. The van der Waals surface area contributed by atoms with Crippen LogP contribution in [0.1, 0.15) is 30.6 Å². The number of hydrogen-bond acceptors (Lipinski definition) is 5. The number of furan rings is 1. The summed E-state index contributed by atoms with van der Waals surface area (Å²) in [5, 5.41) is 11.9. The van der Waals surface area contributed by atoms with Crippen LogP contribution in [0.25, 0.3) is 11.3 Å². The summed E-state index contributed by atoms with van der Waals surface area (Å²) in [4.78, 5) is 22.9. The van der Waals surface area contributed by atoms with Crippen LogP contribution in [0.5, 0.6) is 0 Å². The predicted octanol–water partition coefficient (Wildman–Crippen LogP) is 6.62. The highest BCUT2D eigenvalue weighted by Gasteiger charge is 2.17. The molecular weight excluding hydrogens is 438 g/mol. The number of nitrogens with one attached hydrogen (secondary N) is 1. The number of rotatable bonds is 9. The van der Waals surface area contributed by atoms with Gasteiger partial charge in [-0.15, -0.1) is 0 Å². The zero-order valence-electron chi connectivity index (χ0n) is 16.8. The number of aliphatic carboxylic acids is 1. The first-order chi connectivity index (χ1) is 14.9. The number of thioether (sulfide) groups is 1. The smallest absolute Gasteiger partial charge is 0.412 e. The topological polar surface area (TPSA) is 88.8 Å². The molecule has 6 nitrogen and oxygen atoms in total. The fourth-order valence-electron chi connectivity index (χ4n) is 2.90. The third-order valence-electron chi connectivity index (χ3n) is 4.47. The molecule has 2 aromatic carbocycles. The van der Waals surface area contributed by atoms with Gasteiger partial charge in [0, 0.05) is 33.7 Å². The first-order valence-corrected chi connectivity index (χ1v) is 11.2. The lowest BCUT2D eigenvalue weighted by Crippen LogP contribution is -2.16. The van der Waals surface area contributed by atoms with Crippen LogP contribution in [-0.2, 0) is 15.3 Å². The Kier molecular flexibility index (Phi) is 8.03. The number of anilines is 1. The maximum Gasteiger partial charge on any atom is 0.412 e. The number of halogens is 1. The standard InChI is InChI=1S/C23H22ClNO5S/c1-15(18-4-2-3-5-19(18)24)30-23(28)25-20-10-12-29-22(20)17-8-6-16(7-9-17)14-31-13-11-21(26)27/h2-10,12,15H,11,13-14H2,1H3,(H,25,28)(H,26,27). The van der Waals surface area contributed by atoms with Crippen LogP contribution in [0, 0.1) is 0 Å². The van der Waals surface area contributed by atoms with Gasteiger partial charge in [0.25, 0.3) is 0 Å². The highest BCUT2D eigenvalue weighted by molar-refractivity contribution is 7.98. The Hall–Kier alpha value is -2.90. The molecule has 3 aromatic rings. The van der Waals surface area contributed by atoms with Crippen molar-refractivity contribution < 1.29 is 23.8 Å². The second-order valence-electron chi connectivity index (χ2n) is 6.75. The summed E-state index contributed by atoms with van der Waals surface area (Å²) in [7, 11) is 0. The number of amides is 1. The molecule has 0 bridgehead atoms. The molecule has 2 N–H and O–H groups in total. The van der Waals surface area contributed by atoms with Crippen LogP contribution in [0.15, 0.2) is 65.3 Å². The van der Waals surface area contributed by atoms with E-state index in [1.807, 2.05) is 42.5 Å². The average Bonchev–Trinajstić information content (AvgIpc) is 3.19. The second kappa shape index (κ2) is 10.9. The van der Waals surface area contributed by atoms with Crippen LogP contribution in [0.2, 0.25) is 5.02 Å². The van der Waals surface area contributed by atoms with E-state index in [9.17, 15) is 9.59 Å². The van der Waals surface area contributed by atoms with Gasteiger partial charge in [0.05, 0.1) is 18.4 Å². The molecule has 1 amide bonds. The number of ether oxygens (including phenoxy) is 1. The van der Waals surface area contributed by atoms with E-state index < -0.39 is 18.2 Å². The minimum atomic E-state index is -0.791. The molecule has 0 saturated heterocycles. The van der Waals surface area contributed by atoms with Crippen molar-refractivity contribution in [1.29, 1.82) is 0 Å². The molecule has 1 atom stereocenters. The lowest BCUT2D eigenvalue weighted by molar-refractivity contribution is -0.136. The summed E-state index contributed by atoms with van der Waals surface area (Å²) in [5.41, 5.74) is 3.11. The van der Waals surface area contributed by atoms with E-state index in [0.29, 0.717) is 22.2 Å². The van der Waals surface area contributed by atoms with Crippen LogP contribution in [0.4, 0.5) is 10.5 Å². The van der Waals surface area contributed by atoms with Crippen molar-refractivity contribution in [2.75, 3.05) is 11.1 Å². The average molecular weight is 460 g/mol. The highest BCUT2D eigenvalue weighted by atomic mass is 35.5. The molecule has 0 aliphatic carbocycles. The van der Waals surface area contributed by atoms with E-state index in [1.54, 1.807) is 30.8 Å². The molecule has 0 radical (unpaired) electrons. The number of carboxylic acids is 1. The summed E-state index contributed by atoms with van der Waals surface area (Å²) in [6.45, 7) is 1.75. The summed E-state index contributed by atoms with van der Waals surface area (Å²) in [6.07, 6.45) is 0.525. The Morgan fingerprint density at radius 2 is 1.90 bits per heavy atom. The normalized spacial score (nSPS) is 11.7. The van der Waals surface area contributed by atoms with Gasteiger partial charge < -0.3 is 14.3 Å². The number of carbonyl (C=O) groups excluding carboxylic acids is 1. The van der Waals surface area contributed by atoms with Gasteiger partial charge in [0.1, 0.15) is 6.10 Å². The van der Waals surface area contributed by atoms with Crippen molar-refractivity contribution in [3.05, 3.63) is 77.0 Å². The highest BCUT2D eigenvalue weighted by Crippen LogP contribution is 2.31. The van der Waals surface area contributed by atoms with Crippen LogP contribution >= 0.6 is 23.4 Å². The molecule has 1 aromatic heterocycles. The van der Waals surface area contributed by atoms with E-state index >= 15 is 0 Å². The molecule has 162 valence electrons. The van der Waals surface area contributed by atoms with Crippen molar-refractivity contribution in [3.8, 4) is 11.3 Å². The fourth-order valence-corrected chi connectivity index (χ4v) is 4.08. The monoisotopic (exact) mass is 459 g/mol. The second-order valence-corrected chi connectivity index (χ2v) is 8.26. The lowest BCUT2D eigenvalue weighted by atomic mass is 10.1. The molecule has 0 aliphatic heterocycles. The SMILES string of the molecule is CC(OC(=O)Nc1ccoc1-c1ccc(CSCCC(=O)O)cc1)c1ccccc1Cl. The Morgan fingerprint density at radius 3 is 2.61 bits per heavy atom. The van der Waals surface area contributed by atoms with E-state index in [0.717, 1.165) is 22.4 Å². The molecule has 31 heavy (non-hydrogen) atoms. The van der Waals surface area contributed by atoms with E-state index in [1.165, 1.54) is 6.26 Å². The molecule has 0 fully saturated rings. The van der Waals surface area contributed by atoms with Crippen LogP contribution in [0.3, 0.4) is 0 Å². The number of benzene rings is 2. The molecular formula is C23H22ClNO5S. The maximum atomic E-state index is 12.4. The van der Waals surface area contributed by atoms with Gasteiger partial charge in [0.15, 0.2) is 5.76 Å². The largest absolute Gasteiger partial charge is 0.481 e. The quantitative estimate of drug-likeness (QED) is 0.349. The van der Waals surface area contributed by atoms with Crippen LogP contribution in [-0.4, -0.2) is 22.9 Å². The van der Waals surface area contributed by atoms with Gasteiger partial charge in [-0.3, -0.25) is 10.1 Å². The third-order valence-corrected chi connectivity index (χ3v) is 5.85. The van der Waals surface area contributed by atoms with E-state index in [-0.39, 0.29) is 6.42 Å². The van der Waals surface area contributed by atoms with Crippen molar-refractivity contribution in [1.82, 2.24) is 0 Å². The van der Waals surface area contributed by atoms with Gasteiger partial charge in [-0.25, -0.2) is 4.79 Å². The van der Waals surface area contributed by atoms with Crippen LogP contribution < -0.4 is 5.32 Å². The summed E-state index contributed by atoms with van der Waals surface area (Å²) in [6, 6.07) is 16.6. The van der Waals surface area contributed by atoms with Gasteiger partial charge in [-0.2, -0.15) is 11.8 Å². The van der Waals surface area contributed by atoms with Gasteiger partial charge in [-0.05, 0) is 18.6 Å². The van der Waals surface area contributed by atoms with E-state index in [4.69, 9.17) is 25.9 Å². The van der Waals surface area contributed by atoms with Crippen molar-refractivity contribution in [3.63, 3.8) is 0 Å². The Labute approximate surface area is 189 Å². The minimum Gasteiger partial charge on any atom is -0.481 e. The lowest BCUT2D eigenvalue weighted by Gasteiger charge is -2.15. The van der Waals surface area contributed by atoms with Gasteiger partial charge in [-0.1, -0.05) is 54.1 Å². The van der Waals surface area contributed by atoms with Crippen molar-refractivity contribution >= 4 is 41.1 Å².